The van der Waals surface area contributed by atoms with Crippen molar-refractivity contribution in [3.8, 4) is 0 Å². The normalized spacial score (nSPS) is 18.6. The number of amides is 1. The van der Waals surface area contributed by atoms with E-state index in [1.807, 2.05) is 6.08 Å². The minimum Gasteiger partial charge on any atom is -0.394 e. The van der Waals surface area contributed by atoms with Crippen LogP contribution in [-0.2, 0) is 14.3 Å². The first kappa shape index (κ1) is 83.6. The van der Waals surface area contributed by atoms with Crippen molar-refractivity contribution in [1.29, 1.82) is 0 Å². The first-order valence-electron chi connectivity index (χ1n) is 37.3. The number of aliphatic hydroxyl groups excluding tert-OH is 5. The molecule has 1 fully saturated rings. The molecule has 89 heavy (non-hydrogen) atoms. The molecule has 1 aliphatic heterocycles. The summed E-state index contributed by atoms with van der Waals surface area (Å²) in [5, 5.41) is 54.8. The van der Waals surface area contributed by atoms with Crippen LogP contribution in [0.15, 0.2) is 122 Å². The number of aliphatic hydroxyl groups is 5. The van der Waals surface area contributed by atoms with E-state index in [1.165, 1.54) is 199 Å². The zero-order valence-corrected chi connectivity index (χ0v) is 57.4. The number of rotatable bonds is 64. The molecule has 512 valence electrons. The lowest BCUT2D eigenvalue weighted by molar-refractivity contribution is -0.302. The van der Waals surface area contributed by atoms with Crippen LogP contribution in [0.25, 0.3) is 0 Å². The molecule has 1 heterocycles. The molecule has 9 heteroatoms. The van der Waals surface area contributed by atoms with Gasteiger partial charge in [0.1, 0.15) is 24.4 Å². The number of allylic oxidation sites excluding steroid dienone is 19. The fourth-order valence-electron chi connectivity index (χ4n) is 11.3. The van der Waals surface area contributed by atoms with E-state index in [0.717, 1.165) is 103 Å². The Bertz CT molecular complexity index is 1830. The van der Waals surface area contributed by atoms with Crippen molar-refractivity contribution in [1.82, 2.24) is 5.32 Å². The maximum atomic E-state index is 13.1. The highest BCUT2D eigenvalue weighted by Gasteiger charge is 2.44. The van der Waals surface area contributed by atoms with Crippen molar-refractivity contribution in [3.63, 3.8) is 0 Å². The van der Waals surface area contributed by atoms with E-state index in [-0.39, 0.29) is 12.5 Å². The van der Waals surface area contributed by atoms with E-state index in [9.17, 15) is 30.3 Å². The lowest BCUT2D eigenvalue weighted by Crippen LogP contribution is -2.60. The third kappa shape index (κ3) is 55.9. The van der Waals surface area contributed by atoms with Gasteiger partial charge in [-0.2, -0.15) is 0 Å². The maximum Gasteiger partial charge on any atom is 0.220 e. The predicted molar refractivity (Wildman–Crippen MR) is 382 cm³/mol. The summed E-state index contributed by atoms with van der Waals surface area (Å²) in [6, 6.07) is -0.838. The second kappa shape index (κ2) is 67.5. The molecule has 0 aromatic carbocycles. The van der Waals surface area contributed by atoms with E-state index < -0.39 is 49.5 Å². The fourth-order valence-corrected chi connectivity index (χ4v) is 11.3. The van der Waals surface area contributed by atoms with Crippen LogP contribution in [0.5, 0.6) is 0 Å². The number of carbonyl (C=O) groups excluding carboxylic acids is 1. The third-order valence-electron chi connectivity index (χ3n) is 17.0. The molecule has 0 bridgehead atoms. The summed E-state index contributed by atoms with van der Waals surface area (Å²) in [6.07, 6.45) is 94.6. The predicted octanol–water partition coefficient (Wildman–Crippen LogP) is 21.0. The molecule has 6 N–H and O–H groups in total. The Kier molecular flexibility index (Phi) is 63.4. The molecule has 7 atom stereocenters. The second-order valence-corrected chi connectivity index (χ2v) is 25.3. The number of hydrogen-bond donors (Lipinski definition) is 6. The van der Waals surface area contributed by atoms with Crippen molar-refractivity contribution >= 4 is 5.91 Å². The third-order valence-corrected chi connectivity index (χ3v) is 17.0. The minimum absolute atomic E-state index is 0.197. The van der Waals surface area contributed by atoms with Gasteiger partial charge >= 0.3 is 0 Å². The summed E-state index contributed by atoms with van der Waals surface area (Å²) in [5.74, 6) is -0.197. The smallest absolute Gasteiger partial charge is 0.220 e. The van der Waals surface area contributed by atoms with Gasteiger partial charge in [0.15, 0.2) is 6.29 Å². The van der Waals surface area contributed by atoms with Crippen LogP contribution < -0.4 is 5.32 Å². The van der Waals surface area contributed by atoms with Crippen LogP contribution in [0, 0.1) is 0 Å². The Hall–Kier alpha value is -3.41. The molecule has 1 rings (SSSR count). The van der Waals surface area contributed by atoms with Gasteiger partial charge in [-0.25, -0.2) is 0 Å². The zero-order valence-electron chi connectivity index (χ0n) is 57.4. The monoisotopic (exact) mass is 1240 g/mol. The number of unbranched alkanes of at least 4 members (excludes halogenated alkanes) is 36. The molecule has 0 saturated carbocycles. The van der Waals surface area contributed by atoms with Gasteiger partial charge in [0.2, 0.25) is 5.91 Å². The van der Waals surface area contributed by atoms with E-state index in [2.05, 4.69) is 129 Å². The van der Waals surface area contributed by atoms with Crippen LogP contribution in [0.2, 0.25) is 0 Å². The summed E-state index contributed by atoms with van der Waals surface area (Å²) in [7, 11) is 0. The molecular weight excluding hydrogens is 1100 g/mol. The van der Waals surface area contributed by atoms with Crippen LogP contribution in [0.4, 0.5) is 0 Å². The molecule has 1 saturated heterocycles. The summed E-state index contributed by atoms with van der Waals surface area (Å²) >= 11 is 0. The number of ether oxygens (including phenoxy) is 2. The quantitative estimate of drug-likeness (QED) is 0.0261. The summed E-state index contributed by atoms with van der Waals surface area (Å²) in [6.45, 7) is 3.67. The standard InChI is InChI=1S/C80H139NO8/c1-3-5-7-9-11-13-15-17-19-21-23-25-27-29-31-33-35-37-39-41-43-45-47-49-51-53-55-57-59-61-63-65-67-69-74(83)73(72-88-80-79(87)78(86)77(85)75(71-82)89-80)81-76(84)70-68-66-64-62-60-58-56-54-52-50-48-46-44-42-40-38-36-34-32-30-28-26-24-22-20-18-16-14-12-10-8-6-4-2/h6,8,12,14,18,20,24,26,30,32,36,38,42,44,48,50,59,61,67,69,73-75,77-80,82-83,85-87H,3-5,7,9-11,13,15-17,19,21-23,25,27-29,31,33-35,37,39-41,43,45-47,49,51-58,60,62-66,68,70-72H2,1-2H3,(H,81,84)/b8-6-,14-12-,20-18-,26-24-,32-30-,38-36-,44-42-,50-48-,61-59+,69-67+. The Balaban J connectivity index is 2.16. The topological polar surface area (TPSA) is 149 Å². The highest BCUT2D eigenvalue weighted by Crippen LogP contribution is 2.23. The van der Waals surface area contributed by atoms with Gasteiger partial charge in [-0.1, -0.05) is 341 Å². The van der Waals surface area contributed by atoms with Crippen molar-refractivity contribution in [2.75, 3.05) is 13.2 Å². The van der Waals surface area contributed by atoms with E-state index in [0.29, 0.717) is 6.42 Å². The van der Waals surface area contributed by atoms with Gasteiger partial charge < -0.3 is 40.3 Å². The fraction of sp³-hybridized carbons (Fsp3) is 0.738. The molecule has 7 unspecified atom stereocenters. The van der Waals surface area contributed by atoms with Crippen molar-refractivity contribution < 1.29 is 39.8 Å². The lowest BCUT2D eigenvalue weighted by Gasteiger charge is -2.40. The van der Waals surface area contributed by atoms with Gasteiger partial charge in [0.05, 0.1) is 25.4 Å². The second-order valence-electron chi connectivity index (χ2n) is 25.3. The van der Waals surface area contributed by atoms with Gasteiger partial charge in [0.25, 0.3) is 0 Å². The summed E-state index contributed by atoms with van der Waals surface area (Å²) in [4.78, 5) is 13.1. The molecule has 1 amide bonds. The van der Waals surface area contributed by atoms with Crippen LogP contribution in [-0.4, -0.2) is 87.5 Å². The minimum atomic E-state index is -1.58. The van der Waals surface area contributed by atoms with Gasteiger partial charge in [-0.15, -0.1) is 0 Å². The maximum absolute atomic E-state index is 13.1. The molecule has 0 aromatic heterocycles. The number of carbonyl (C=O) groups is 1. The van der Waals surface area contributed by atoms with Gasteiger partial charge in [-0.05, 0) is 96.3 Å². The van der Waals surface area contributed by atoms with E-state index >= 15 is 0 Å². The van der Waals surface area contributed by atoms with Crippen molar-refractivity contribution in [2.24, 2.45) is 0 Å². The molecule has 0 spiro atoms. The highest BCUT2D eigenvalue weighted by atomic mass is 16.7. The Morgan fingerprint density at radius 1 is 0.393 bits per heavy atom. The molecule has 9 nitrogen and oxygen atoms in total. The molecule has 0 radical (unpaired) electrons. The molecular formula is C80H139NO8. The summed E-state index contributed by atoms with van der Waals surface area (Å²) in [5.41, 5.74) is 0. The van der Waals surface area contributed by atoms with Gasteiger partial charge in [-0.3, -0.25) is 4.79 Å². The first-order valence-corrected chi connectivity index (χ1v) is 37.3. The van der Waals surface area contributed by atoms with Crippen molar-refractivity contribution in [2.45, 2.75) is 365 Å². The van der Waals surface area contributed by atoms with Crippen molar-refractivity contribution in [3.05, 3.63) is 122 Å². The summed E-state index contributed by atoms with van der Waals surface area (Å²) < 4.78 is 11.3. The first-order chi connectivity index (χ1) is 43.8. The van der Waals surface area contributed by atoms with Gasteiger partial charge in [0, 0.05) is 6.42 Å². The molecule has 1 aliphatic rings. The Labute approximate surface area is 548 Å². The average molecular weight is 1240 g/mol. The van der Waals surface area contributed by atoms with Crippen LogP contribution >= 0.6 is 0 Å². The number of hydrogen-bond acceptors (Lipinski definition) is 8. The largest absolute Gasteiger partial charge is 0.394 e. The Morgan fingerprint density at radius 2 is 0.708 bits per heavy atom. The highest BCUT2D eigenvalue weighted by molar-refractivity contribution is 5.76. The Morgan fingerprint density at radius 3 is 1.08 bits per heavy atom. The van der Waals surface area contributed by atoms with Crippen LogP contribution in [0.3, 0.4) is 0 Å². The van der Waals surface area contributed by atoms with E-state index in [1.54, 1.807) is 6.08 Å². The zero-order chi connectivity index (χ0) is 64.2. The van der Waals surface area contributed by atoms with E-state index in [4.69, 9.17) is 9.47 Å². The average Bonchev–Trinajstić information content (AvgIpc) is 2.28. The lowest BCUT2D eigenvalue weighted by atomic mass is 9.99. The molecule has 0 aliphatic carbocycles. The number of nitrogens with one attached hydrogen (secondary N) is 1. The van der Waals surface area contributed by atoms with Crippen LogP contribution in [0.1, 0.15) is 322 Å². The SMILES string of the molecule is CC/C=C\C/C=C\C/C=C\C/C=C\C/C=C\C/C=C\C/C=C\C/C=C\CCCCCCCCCCC(=O)NC(COC1OC(CO)C(O)C(O)C1O)C(O)/C=C/CC/C=C/CCCCCCCCCCCCCCCCCCCCCCCCCCCCC. The molecule has 0 aromatic rings.